The summed E-state index contributed by atoms with van der Waals surface area (Å²) in [5, 5.41) is 6.28. The van der Waals surface area contributed by atoms with Crippen LogP contribution in [-0.2, 0) is 0 Å². The van der Waals surface area contributed by atoms with E-state index in [1.165, 1.54) is 30.3 Å². The summed E-state index contributed by atoms with van der Waals surface area (Å²) in [4.78, 5) is 20.6. The van der Waals surface area contributed by atoms with E-state index >= 15 is 0 Å². The second kappa shape index (κ2) is 6.77. The number of hydrogen-bond acceptors (Lipinski definition) is 4. The third-order valence-corrected chi connectivity index (χ3v) is 4.37. The van der Waals surface area contributed by atoms with E-state index in [9.17, 15) is 4.79 Å². The van der Waals surface area contributed by atoms with Gasteiger partial charge < -0.3 is 10.6 Å². The molecule has 1 amide bonds. The van der Waals surface area contributed by atoms with Gasteiger partial charge in [-0.25, -0.2) is 9.97 Å². The number of carbonyl (C=O) groups is 1. The van der Waals surface area contributed by atoms with Crippen LogP contribution in [0, 0.1) is 13.8 Å². The first kappa shape index (κ1) is 15.5. The summed E-state index contributed by atoms with van der Waals surface area (Å²) in [5.41, 5.74) is 3.81. The molecule has 2 aromatic rings. The first-order chi connectivity index (χ1) is 11.1. The lowest BCUT2D eigenvalue weighted by atomic mass is 10.1. The molecule has 0 unspecified atom stereocenters. The second-order valence-corrected chi connectivity index (χ2v) is 6.17. The van der Waals surface area contributed by atoms with Crippen LogP contribution >= 0.6 is 0 Å². The smallest absolute Gasteiger partial charge is 0.270 e. The average Bonchev–Trinajstić information content (AvgIpc) is 3.04. The van der Waals surface area contributed by atoms with Gasteiger partial charge in [-0.05, 0) is 49.9 Å². The van der Waals surface area contributed by atoms with E-state index in [2.05, 4.69) is 46.6 Å². The van der Waals surface area contributed by atoms with Crippen LogP contribution in [0.5, 0.6) is 0 Å². The summed E-state index contributed by atoms with van der Waals surface area (Å²) in [5.74, 6) is 0.502. The van der Waals surface area contributed by atoms with E-state index in [0.717, 1.165) is 18.5 Å². The van der Waals surface area contributed by atoms with E-state index in [1.807, 2.05) is 6.07 Å². The lowest BCUT2D eigenvalue weighted by Gasteiger charge is -2.12. The first-order valence-corrected chi connectivity index (χ1v) is 8.09. The zero-order valence-electron chi connectivity index (χ0n) is 13.6. The fraction of sp³-hybridized carbons (Fsp3) is 0.389. The minimum atomic E-state index is -0.123. The Bertz CT molecular complexity index is 708. The Morgan fingerprint density at radius 2 is 1.87 bits per heavy atom. The molecular weight excluding hydrogens is 288 g/mol. The van der Waals surface area contributed by atoms with Crippen LogP contribution in [0.4, 0.5) is 11.5 Å². The molecule has 120 valence electrons. The number of nitrogens with one attached hydrogen (secondary N) is 2. The standard InChI is InChI=1S/C18H22N4O/c1-12-7-8-15(9-13(12)2)21-17-10-16(19-11-20-17)18(23)22-14-5-3-4-6-14/h7-11,14H,3-6H2,1-2H3,(H,22,23)(H,19,20,21). The Morgan fingerprint density at radius 3 is 2.61 bits per heavy atom. The molecule has 0 spiro atoms. The highest BCUT2D eigenvalue weighted by Gasteiger charge is 2.18. The van der Waals surface area contributed by atoms with Gasteiger partial charge in [-0.1, -0.05) is 18.9 Å². The molecule has 3 rings (SSSR count). The third kappa shape index (κ3) is 3.86. The number of benzene rings is 1. The fourth-order valence-electron chi connectivity index (χ4n) is 2.85. The molecule has 2 N–H and O–H groups in total. The SMILES string of the molecule is Cc1ccc(Nc2cc(C(=O)NC3CCCC3)ncn2)cc1C. The Hall–Kier alpha value is -2.43. The third-order valence-electron chi connectivity index (χ3n) is 4.37. The van der Waals surface area contributed by atoms with Crippen LogP contribution in [0.15, 0.2) is 30.6 Å². The minimum absolute atomic E-state index is 0.123. The fourth-order valence-corrected chi connectivity index (χ4v) is 2.85. The zero-order valence-corrected chi connectivity index (χ0v) is 13.6. The number of carbonyl (C=O) groups excluding carboxylic acids is 1. The van der Waals surface area contributed by atoms with Crippen LogP contribution in [0.2, 0.25) is 0 Å². The molecule has 1 heterocycles. The van der Waals surface area contributed by atoms with Crippen molar-refractivity contribution in [2.45, 2.75) is 45.6 Å². The molecule has 0 aliphatic heterocycles. The molecule has 1 aromatic heterocycles. The van der Waals surface area contributed by atoms with Crippen LogP contribution in [0.3, 0.4) is 0 Å². The molecule has 1 aliphatic carbocycles. The van der Waals surface area contributed by atoms with E-state index in [4.69, 9.17) is 0 Å². The Balaban J connectivity index is 1.71. The normalized spacial score (nSPS) is 14.7. The first-order valence-electron chi connectivity index (χ1n) is 8.09. The van der Waals surface area contributed by atoms with Crippen molar-refractivity contribution in [1.82, 2.24) is 15.3 Å². The summed E-state index contributed by atoms with van der Waals surface area (Å²) >= 11 is 0. The Labute approximate surface area is 136 Å². The van der Waals surface area contributed by atoms with Crippen molar-refractivity contribution >= 4 is 17.4 Å². The minimum Gasteiger partial charge on any atom is -0.348 e. The van der Waals surface area contributed by atoms with Gasteiger partial charge in [0.1, 0.15) is 17.8 Å². The van der Waals surface area contributed by atoms with Crippen LogP contribution < -0.4 is 10.6 Å². The van der Waals surface area contributed by atoms with Crippen LogP contribution in [0.1, 0.15) is 47.3 Å². The lowest BCUT2D eigenvalue weighted by molar-refractivity contribution is 0.0932. The van der Waals surface area contributed by atoms with Crippen molar-refractivity contribution < 1.29 is 4.79 Å². The van der Waals surface area contributed by atoms with Gasteiger partial charge in [0.25, 0.3) is 5.91 Å². The topological polar surface area (TPSA) is 66.9 Å². The zero-order chi connectivity index (χ0) is 16.2. The maximum atomic E-state index is 12.3. The number of amides is 1. The van der Waals surface area contributed by atoms with Gasteiger partial charge >= 0.3 is 0 Å². The Morgan fingerprint density at radius 1 is 1.09 bits per heavy atom. The molecule has 1 fully saturated rings. The number of anilines is 2. The van der Waals surface area contributed by atoms with Crippen molar-refractivity contribution in [1.29, 1.82) is 0 Å². The highest BCUT2D eigenvalue weighted by Crippen LogP contribution is 2.20. The quantitative estimate of drug-likeness (QED) is 0.907. The summed E-state index contributed by atoms with van der Waals surface area (Å²) in [6.07, 6.45) is 5.92. The highest BCUT2D eigenvalue weighted by atomic mass is 16.1. The van der Waals surface area contributed by atoms with E-state index < -0.39 is 0 Å². The molecule has 5 heteroatoms. The van der Waals surface area contributed by atoms with E-state index in [0.29, 0.717) is 11.5 Å². The molecular formula is C18H22N4O. The molecule has 0 atom stereocenters. The van der Waals surface area contributed by atoms with E-state index in [1.54, 1.807) is 6.07 Å². The molecule has 0 bridgehead atoms. The predicted octanol–water partition coefficient (Wildman–Crippen LogP) is 3.51. The molecule has 0 radical (unpaired) electrons. The van der Waals surface area contributed by atoms with E-state index in [-0.39, 0.29) is 11.9 Å². The van der Waals surface area contributed by atoms with Crippen molar-refractivity contribution in [3.05, 3.63) is 47.4 Å². The summed E-state index contributed by atoms with van der Waals surface area (Å²) in [6, 6.07) is 8.11. The maximum Gasteiger partial charge on any atom is 0.270 e. The molecule has 1 aliphatic rings. The van der Waals surface area contributed by atoms with Crippen molar-refractivity contribution in [2.75, 3.05) is 5.32 Å². The number of nitrogens with zero attached hydrogens (tertiary/aromatic N) is 2. The second-order valence-electron chi connectivity index (χ2n) is 6.17. The summed E-state index contributed by atoms with van der Waals surface area (Å²) in [6.45, 7) is 4.15. The predicted molar refractivity (Wildman–Crippen MR) is 91.0 cm³/mol. The Kier molecular flexibility index (Phi) is 4.55. The van der Waals surface area contributed by atoms with Gasteiger partial charge in [0.05, 0.1) is 0 Å². The van der Waals surface area contributed by atoms with Crippen LogP contribution in [0.25, 0.3) is 0 Å². The monoisotopic (exact) mass is 310 g/mol. The molecule has 1 aromatic carbocycles. The highest BCUT2D eigenvalue weighted by molar-refractivity contribution is 5.93. The van der Waals surface area contributed by atoms with Gasteiger partial charge in [0.15, 0.2) is 0 Å². The molecule has 5 nitrogen and oxygen atoms in total. The van der Waals surface area contributed by atoms with Gasteiger partial charge in [0, 0.05) is 17.8 Å². The lowest BCUT2D eigenvalue weighted by Crippen LogP contribution is -2.33. The van der Waals surface area contributed by atoms with Crippen LogP contribution in [-0.4, -0.2) is 21.9 Å². The largest absolute Gasteiger partial charge is 0.348 e. The average molecular weight is 310 g/mol. The molecule has 1 saturated carbocycles. The van der Waals surface area contributed by atoms with Crippen molar-refractivity contribution in [2.24, 2.45) is 0 Å². The summed E-state index contributed by atoms with van der Waals surface area (Å²) in [7, 11) is 0. The molecule has 0 saturated heterocycles. The number of aryl methyl sites for hydroxylation is 2. The van der Waals surface area contributed by atoms with Crippen molar-refractivity contribution in [3.8, 4) is 0 Å². The van der Waals surface area contributed by atoms with Gasteiger partial charge in [0.2, 0.25) is 0 Å². The van der Waals surface area contributed by atoms with Gasteiger partial charge in [-0.2, -0.15) is 0 Å². The molecule has 23 heavy (non-hydrogen) atoms. The van der Waals surface area contributed by atoms with Gasteiger partial charge in [-0.3, -0.25) is 4.79 Å². The number of rotatable bonds is 4. The van der Waals surface area contributed by atoms with Gasteiger partial charge in [-0.15, -0.1) is 0 Å². The van der Waals surface area contributed by atoms with Crippen molar-refractivity contribution in [3.63, 3.8) is 0 Å². The summed E-state index contributed by atoms with van der Waals surface area (Å²) < 4.78 is 0. The number of hydrogen-bond donors (Lipinski definition) is 2. The maximum absolute atomic E-state index is 12.3. The number of aromatic nitrogens is 2.